The second-order valence-corrected chi connectivity index (χ2v) is 5.92. The van der Waals surface area contributed by atoms with Crippen molar-refractivity contribution in [2.24, 2.45) is 0 Å². The van der Waals surface area contributed by atoms with Crippen LogP contribution in [0.25, 0.3) is 6.08 Å². The predicted molar refractivity (Wildman–Crippen MR) is 92.9 cm³/mol. The Morgan fingerprint density at radius 2 is 1.92 bits per heavy atom. The minimum atomic E-state index is -0.326. The van der Waals surface area contributed by atoms with Crippen LogP contribution in [0, 0.1) is 10.1 Å². The molecule has 0 unspecified atom stereocenters. The van der Waals surface area contributed by atoms with Crippen LogP contribution < -0.4 is 14.8 Å². The highest BCUT2D eigenvalue weighted by molar-refractivity contribution is 5.53. The number of benzene rings is 1. The number of piperazine rings is 1. The van der Waals surface area contributed by atoms with E-state index in [1.54, 1.807) is 18.3 Å². The molecule has 124 valence electrons. The molecule has 6 heteroatoms. The summed E-state index contributed by atoms with van der Waals surface area (Å²) in [5.41, 5.74) is 1.36. The van der Waals surface area contributed by atoms with Gasteiger partial charge in [0, 0.05) is 6.07 Å². The molecule has 3 rings (SSSR count). The summed E-state index contributed by atoms with van der Waals surface area (Å²) in [6.45, 7) is 4.55. The first kappa shape index (κ1) is 16.1. The summed E-state index contributed by atoms with van der Waals surface area (Å²) >= 11 is 0. The normalized spacial score (nSPS) is 15.8. The Morgan fingerprint density at radius 1 is 1.17 bits per heavy atom. The number of nitrogens with zero attached hydrogens (tertiary/aromatic N) is 2. The Kier molecular flexibility index (Phi) is 5.18. The molecule has 6 nitrogen and oxygen atoms in total. The summed E-state index contributed by atoms with van der Waals surface area (Å²) in [6, 6.07) is 13.5. The summed E-state index contributed by atoms with van der Waals surface area (Å²) in [5.74, 6) is 0.612. The van der Waals surface area contributed by atoms with E-state index in [0.29, 0.717) is 5.82 Å². The second kappa shape index (κ2) is 7.70. The first-order chi connectivity index (χ1) is 11.7. The van der Waals surface area contributed by atoms with Crippen molar-refractivity contribution in [2.75, 3.05) is 37.6 Å². The lowest BCUT2D eigenvalue weighted by molar-refractivity contribution is -0.894. The molecular weight excluding hydrogens is 304 g/mol. The molecule has 2 aromatic rings. The molecule has 0 atom stereocenters. The van der Waals surface area contributed by atoms with E-state index in [0.717, 1.165) is 32.7 Å². The van der Waals surface area contributed by atoms with Crippen LogP contribution in [-0.4, -0.2) is 37.6 Å². The third-order valence-corrected chi connectivity index (χ3v) is 4.31. The average Bonchev–Trinajstić information content (AvgIpc) is 2.63. The first-order valence-electron chi connectivity index (χ1n) is 8.19. The van der Waals surface area contributed by atoms with Crippen LogP contribution in [-0.2, 0) is 0 Å². The van der Waals surface area contributed by atoms with Gasteiger partial charge in [0.2, 0.25) is 0 Å². The molecule has 2 N–H and O–H groups in total. The molecule has 0 bridgehead atoms. The summed E-state index contributed by atoms with van der Waals surface area (Å²) in [7, 11) is 0. The number of anilines is 1. The third kappa shape index (κ3) is 3.97. The first-order valence-corrected chi connectivity index (χ1v) is 8.19. The number of pyridine rings is 1. The number of aromatic amines is 1. The zero-order valence-corrected chi connectivity index (χ0v) is 13.5. The fourth-order valence-corrected chi connectivity index (χ4v) is 3.00. The van der Waals surface area contributed by atoms with Gasteiger partial charge in [-0.3, -0.25) is 10.1 Å². The van der Waals surface area contributed by atoms with Crippen molar-refractivity contribution in [1.82, 2.24) is 0 Å². The number of nitro groups is 1. The number of nitrogens with one attached hydrogen (secondary N) is 2. The molecule has 1 aliphatic rings. The predicted octanol–water partition coefficient (Wildman–Crippen LogP) is 0.827. The monoisotopic (exact) mass is 326 g/mol. The van der Waals surface area contributed by atoms with Gasteiger partial charge < -0.3 is 4.90 Å². The van der Waals surface area contributed by atoms with E-state index in [1.807, 2.05) is 18.2 Å². The highest BCUT2D eigenvalue weighted by Gasteiger charge is 2.31. The van der Waals surface area contributed by atoms with Crippen molar-refractivity contribution < 1.29 is 14.8 Å². The van der Waals surface area contributed by atoms with Crippen molar-refractivity contribution in [3.8, 4) is 0 Å². The van der Waals surface area contributed by atoms with Gasteiger partial charge in [0.15, 0.2) is 0 Å². The van der Waals surface area contributed by atoms with Crippen LogP contribution in [0.4, 0.5) is 11.5 Å². The zero-order valence-electron chi connectivity index (χ0n) is 13.5. The van der Waals surface area contributed by atoms with E-state index < -0.39 is 0 Å². The molecule has 1 fully saturated rings. The quantitative estimate of drug-likeness (QED) is 0.654. The Labute approximate surface area is 141 Å². The molecule has 2 heterocycles. The van der Waals surface area contributed by atoms with Crippen molar-refractivity contribution in [3.05, 3.63) is 70.4 Å². The van der Waals surface area contributed by atoms with Gasteiger partial charge in [-0.2, -0.15) is 0 Å². The number of H-pyrrole nitrogens is 1. The number of hydrogen-bond donors (Lipinski definition) is 1. The molecule has 1 aromatic carbocycles. The topological polar surface area (TPSA) is 65.0 Å². The Bertz CT molecular complexity index is 710. The maximum Gasteiger partial charge on any atom is 0.357 e. The third-order valence-electron chi connectivity index (χ3n) is 4.31. The van der Waals surface area contributed by atoms with E-state index in [-0.39, 0.29) is 10.6 Å². The van der Waals surface area contributed by atoms with E-state index in [9.17, 15) is 10.1 Å². The largest absolute Gasteiger partial charge is 0.357 e. The van der Waals surface area contributed by atoms with Crippen LogP contribution in [0.2, 0.25) is 0 Å². The molecular formula is C18H22N4O2+2. The minimum Gasteiger partial charge on any atom is -0.325 e. The molecule has 0 radical (unpaired) electrons. The molecule has 0 saturated carbocycles. The van der Waals surface area contributed by atoms with Gasteiger partial charge in [-0.05, 0) is 17.7 Å². The van der Waals surface area contributed by atoms with Crippen molar-refractivity contribution in [1.29, 1.82) is 0 Å². The van der Waals surface area contributed by atoms with Gasteiger partial charge >= 0.3 is 11.5 Å². The summed E-state index contributed by atoms with van der Waals surface area (Å²) < 4.78 is 0. The van der Waals surface area contributed by atoms with E-state index >= 15 is 0 Å². The molecule has 24 heavy (non-hydrogen) atoms. The van der Waals surface area contributed by atoms with E-state index in [2.05, 4.69) is 34.2 Å². The lowest BCUT2D eigenvalue weighted by atomic mass is 10.2. The second-order valence-electron chi connectivity index (χ2n) is 5.92. The van der Waals surface area contributed by atoms with Crippen molar-refractivity contribution in [3.63, 3.8) is 0 Å². The van der Waals surface area contributed by atoms with E-state index in [1.165, 1.54) is 10.5 Å². The van der Waals surface area contributed by atoms with Crippen molar-refractivity contribution in [2.45, 2.75) is 0 Å². The van der Waals surface area contributed by atoms with Crippen LogP contribution in [0.5, 0.6) is 0 Å². The molecule has 1 aliphatic heterocycles. The lowest BCUT2D eigenvalue weighted by Gasteiger charge is -2.27. The highest BCUT2D eigenvalue weighted by Crippen LogP contribution is 2.21. The number of hydrogen-bond acceptors (Lipinski definition) is 3. The molecule has 0 amide bonds. The molecule has 1 aromatic heterocycles. The number of rotatable bonds is 5. The molecule has 0 aliphatic carbocycles. The Morgan fingerprint density at radius 3 is 2.62 bits per heavy atom. The lowest BCUT2D eigenvalue weighted by Crippen LogP contribution is -3.14. The standard InChI is InChI=1S/C18H20N4O2/c23-22(24)17-9-4-10-19-18(17)21-14-12-20(13-15-21)11-5-8-16-6-2-1-3-7-16/h1-10H,11-15H2/p+2/b8-5+. The van der Waals surface area contributed by atoms with Gasteiger partial charge in [-0.15, -0.1) is 0 Å². The van der Waals surface area contributed by atoms with Gasteiger partial charge in [0.1, 0.15) is 26.2 Å². The number of quaternary nitrogens is 1. The summed E-state index contributed by atoms with van der Waals surface area (Å²) in [5, 5.41) is 11.1. The maximum absolute atomic E-state index is 11.1. The molecule has 0 spiro atoms. The van der Waals surface area contributed by atoms with Gasteiger partial charge in [-0.25, -0.2) is 9.88 Å². The van der Waals surface area contributed by atoms with Gasteiger partial charge in [0.25, 0.3) is 0 Å². The fraction of sp³-hybridized carbons (Fsp3) is 0.278. The zero-order chi connectivity index (χ0) is 16.8. The Balaban J connectivity index is 1.55. The van der Waals surface area contributed by atoms with Crippen molar-refractivity contribution >= 4 is 17.6 Å². The van der Waals surface area contributed by atoms with Crippen LogP contribution in [0.3, 0.4) is 0 Å². The smallest absolute Gasteiger partial charge is 0.325 e. The fourth-order valence-electron chi connectivity index (χ4n) is 3.00. The summed E-state index contributed by atoms with van der Waals surface area (Å²) in [4.78, 5) is 17.4. The van der Waals surface area contributed by atoms with Gasteiger partial charge in [-0.1, -0.05) is 36.4 Å². The molecule has 1 saturated heterocycles. The van der Waals surface area contributed by atoms with Gasteiger partial charge in [0.05, 0.1) is 17.7 Å². The van der Waals surface area contributed by atoms with Crippen LogP contribution >= 0.6 is 0 Å². The SMILES string of the molecule is O=[N+]([O-])c1ccc[nH+]c1N1CC[NH+](C/C=C/c2ccccc2)CC1. The van der Waals surface area contributed by atoms with Crippen LogP contribution in [0.15, 0.2) is 54.7 Å². The van der Waals surface area contributed by atoms with Crippen LogP contribution in [0.1, 0.15) is 5.56 Å². The Hall–Kier alpha value is -2.73. The van der Waals surface area contributed by atoms with E-state index in [4.69, 9.17) is 0 Å². The average molecular weight is 326 g/mol. The minimum absolute atomic E-state index is 0.143. The maximum atomic E-state index is 11.1. The number of aromatic nitrogens is 1. The summed E-state index contributed by atoms with van der Waals surface area (Å²) in [6.07, 6.45) is 6.09. The highest BCUT2D eigenvalue weighted by atomic mass is 16.6.